The summed E-state index contributed by atoms with van der Waals surface area (Å²) in [7, 11) is 0. The Bertz CT molecular complexity index is 482. The highest BCUT2D eigenvalue weighted by Gasteiger charge is 2.22. The number of nitrogens with zero attached hydrogens (tertiary/aromatic N) is 1. The molecule has 0 spiro atoms. The second-order valence-corrected chi connectivity index (χ2v) is 3.87. The standard InChI is InChI=1S/C12H15N3O3/c1-7(16)15-6-11(17)12(18)8-3-2-4-10(14)9(8)5-13/h2-4,11-12,17-18H,6,14H2,1H3,(H,15,16). The van der Waals surface area contributed by atoms with Gasteiger partial charge in [-0.2, -0.15) is 5.26 Å². The number of carbonyl (C=O) groups excluding carboxylic acids is 1. The molecule has 1 rings (SSSR count). The third kappa shape index (κ3) is 3.20. The average molecular weight is 249 g/mol. The molecule has 2 unspecified atom stereocenters. The number of hydrogen-bond acceptors (Lipinski definition) is 5. The number of benzene rings is 1. The van der Waals surface area contributed by atoms with Crippen LogP contribution >= 0.6 is 0 Å². The summed E-state index contributed by atoms with van der Waals surface area (Å²) in [4.78, 5) is 10.7. The topological polar surface area (TPSA) is 119 Å². The van der Waals surface area contributed by atoms with E-state index in [1.54, 1.807) is 6.07 Å². The normalized spacial score (nSPS) is 13.4. The predicted molar refractivity (Wildman–Crippen MR) is 65.2 cm³/mol. The zero-order valence-electron chi connectivity index (χ0n) is 9.92. The van der Waals surface area contributed by atoms with Gasteiger partial charge in [0.25, 0.3) is 0 Å². The number of rotatable bonds is 4. The van der Waals surface area contributed by atoms with Gasteiger partial charge in [-0.25, -0.2) is 0 Å². The number of amides is 1. The highest BCUT2D eigenvalue weighted by Crippen LogP contribution is 2.24. The summed E-state index contributed by atoms with van der Waals surface area (Å²) in [6, 6.07) is 6.51. The van der Waals surface area contributed by atoms with Gasteiger partial charge in [-0.1, -0.05) is 12.1 Å². The lowest BCUT2D eigenvalue weighted by Gasteiger charge is -2.19. The van der Waals surface area contributed by atoms with Gasteiger partial charge >= 0.3 is 0 Å². The first kappa shape index (κ1) is 14.0. The Morgan fingerprint density at radius 2 is 2.22 bits per heavy atom. The molecule has 96 valence electrons. The highest BCUT2D eigenvalue weighted by molar-refractivity contribution is 5.72. The van der Waals surface area contributed by atoms with Crippen LogP contribution in [0.2, 0.25) is 0 Å². The van der Waals surface area contributed by atoms with E-state index in [-0.39, 0.29) is 29.3 Å². The van der Waals surface area contributed by atoms with Crippen LogP contribution in [-0.4, -0.2) is 28.8 Å². The molecule has 0 saturated carbocycles. The summed E-state index contributed by atoms with van der Waals surface area (Å²) in [5, 5.41) is 31.0. The molecule has 6 heteroatoms. The van der Waals surface area contributed by atoms with Gasteiger partial charge in [-0.3, -0.25) is 4.79 Å². The molecule has 6 nitrogen and oxygen atoms in total. The quantitative estimate of drug-likeness (QED) is 0.545. The Morgan fingerprint density at radius 3 is 2.78 bits per heavy atom. The van der Waals surface area contributed by atoms with Gasteiger partial charge < -0.3 is 21.3 Å². The van der Waals surface area contributed by atoms with Crippen LogP contribution in [0.4, 0.5) is 5.69 Å². The number of nitrogens with two attached hydrogens (primary N) is 1. The van der Waals surface area contributed by atoms with Crippen molar-refractivity contribution >= 4 is 11.6 Å². The molecule has 0 aliphatic rings. The fourth-order valence-corrected chi connectivity index (χ4v) is 1.53. The van der Waals surface area contributed by atoms with Gasteiger partial charge in [0.2, 0.25) is 5.91 Å². The summed E-state index contributed by atoms with van der Waals surface area (Å²) < 4.78 is 0. The number of aliphatic hydroxyl groups is 2. The molecule has 0 radical (unpaired) electrons. The molecule has 1 aromatic carbocycles. The summed E-state index contributed by atoms with van der Waals surface area (Å²) >= 11 is 0. The summed E-state index contributed by atoms with van der Waals surface area (Å²) in [6.07, 6.45) is -2.49. The van der Waals surface area contributed by atoms with Crippen molar-refractivity contribution in [3.05, 3.63) is 29.3 Å². The average Bonchev–Trinajstić information content (AvgIpc) is 2.34. The molecule has 5 N–H and O–H groups in total. The number of carbonyl (C=O) groups is 1. The molecule has 0 bridgehead atoms. The zero-order valence-corrected chi connectivity index (χ0v) is 9.92. The molecule has 0 aliphatic carbocycles. The minimum absolute atomic E-state index is 0.101. The van der Waals surface area contributed by atoms with Crippen molar-refractivity contribution in [3.8, 4) is 6.07 Å². The first-order valence-corrected chi connectivity index (χ1v) is 5.36. The van der Waals surface area contributed by atoms with Crippen LogP contribution in [0.1, 0.15) is 24.2 Å². The molecule has 0 aliphatic heterocycles. The molecular formula is C12H15N3O3. The Labute approximate surface area is 105 Å². The summed E-state index contributed by atoms with van der Waals surface area (Å²) in [5.41, 5.74) is 6.22. The van der Waals surface area contributed by atoms with Gasteiger partial charge in [0.15, 0.2) is 0 Å². The van der Waals surface area contributed by atoms with Crippen LogP contribution in [0, 0.1) is 11.3 Å². The van der Waals surface area contributed by atoms with E-state index in [2.05, 4.69) is 5.32 Å². The fraction of sp³-hybridized carbons (Fsp3) is 0.333. The van der Waals surface area contributed by atoms with Crippen molar-refractivity contribution in [3.63, 3.8) is 0 Å². The van der Waals surface area contributed by atoms with E-state index in [0.29, 0.717) is 0 Å². The monoisotopic (exact) mass is 249 g/mol. The molecular weight excluding hydrogens is 234 g/mol. The first-order valence-electron chi connectivity index (χ1n) is 5.36. The second kappa shape index (κ2) is 6.00. The van der Waals surface area contributed by atoms with Crippen LogP contribution in [0.3, 0.4) is 0 Å². The molecule has 0 saturated heterocycles. The van der Waals surface area contributed by atoms with Crippen LogP contribution in [0.25, 0.3) is 0 Å². The van der Waals surface area contributed by atoms with E-state index in [0.717, 1.165) is 0 Å². The summed E-state index contributed by atoms with van der Waals surface area (Å²) in [5.74, 6) is -0.311. The lowest BCUT2D eigenvalue weighted by molar-refractivity contribution is -0.119. The smallest absolute Gasteiger partial charge is 0.216 e. The van der Waals surface area contributed by atoms with Gasteiger partial charge in [0.05, 0.1) is 5.56 Å². The Balaban J connectivity index is 2.90. The van der Waals surface area contributed by atoms with Crippen LogP contribution in [0.15, 0.2) is 18.2 Å². The van der Waals surface area contributed by atoms with Crippen molar-refractivity contribution in [2.45, 2.75) is 19.1 Å². The molecule has 1 aromatic rings. The Hall–Kier alpha value is -2.10. The number of nitriles is 1. The lowest BCUT2D eigenvalue weighted by atomic mass is 9.98. The molecule has 2 atom stereocenters. The minimum Gasteiger partial charge on any atom is -0.398 e. The van der Waals surface area contributed by atoms with Crippen LogP contribution in [0.5, 0.6) is 0 Å². The van der Waals surface area contributed by atoms with Crippen molar-refractivity contribution in [1.82, 2.24) is 5.32 Å². The van der Waals surface area contributed by atoms with E-state index in [1.807, 2.05) is 6.07 Å². The van der Waals surface area contributed by atoms with E-state index < -0.39 is 12.2 Å². The van der Waals surface area contributed by atoms with Gasteiger partial charge in [0, 0.05) is 24.7 Å². The Kier molecular flexibility index (Phi) is 4.66. The van der Waals surface area contributed by atoms with E-state index in [1.165, 1.54) is 19.1 Å². The lowest BCUT2D eigenvalue weighted by Crippen LogP contribution is -2.34. The van der Waals surface area contributed by atoms with Crippen LogP contribution < -0.4 is 11.1 Å². The minimum atomic E-state index is -1.28. The molecule has 0 heterocycles. The third-order valence-corrected chi connectivity index (χ3v) is 2.48. The zero-order chi connectivity index (χ0) is 13.7. The number of aliphatic hydroxyl groups excluding tert-OH is 2. The first-order chi connectivity index (χ1) is 8.47. The SMILES string of the molecule is CC(=O)NCC(O)C(O)c1cccc(N)c1C#N. The van der Waals surface area contributed by atoms with Gasteiger partial charge in [0.1, 0.15) is 18.3 Å². The molecule has 0 fully saturated rings. The second-order valence-electron chi connectivity index (χ2n) is 3.87. The molecule has 18 heavy (non-hydrogen) atoms. The molecule has 0 aromatic heterocycles. The molecule has 1 amide bonds. The van der Waals surface area contributed by atoms with Crippen molar-refractivity contribution in [1.29, 1.82) is 5.26 Å². The number of nitrogen functional groups attached to an aromatic ring is 1. The third-order valence-electron chi connectivity index (χ3n) is 2.48. The van der Waals surface area contributed by atoms with Crippen molar-refractivity contribution in [2.75, 3.05) is 12.3 Å². The largest absolute Gasteiger partial charge is 0.398 e. The van der Waals surface area contributed by atoms with E-state index in [9.17, 15) is 15.0 Å². The number of hydrogen-bond donors (Lipinski definition) is 4. The van der Waals surface area contributed by atoms with E-state index >= 15 is 0 Å². The maximum absolute atomic E-state index is 10.7. The van der Waals surface area contributed by atoms with Crippen molar-refractivity contribution < 1.29 is 15.0 Å². The highest BCUT2D eigenvalue weighted by atomic mass is 16.3. The maximum atomic E-state index is 10.7. The van der Waals surface area contributed by atoms with E-state index in [4.69, 9.17) is 11.0 Å². The van der Waals surface area contributed by atoms with Crippen LogP contribution in [-0.2, 0) is 4.79 Å². The fourth-order valence-electron chi connectivity index (χ4n) is 1.53. The van der Waals surface area contributed by atoms with Crippen molar-refractivity contribution in [2.24, 2.45) is 0 Å². The maximum Gasteiger partial charge on any atom is 0.216 e. The van der Waals surface area contributed by atoms with Gasteiger partial charge in [-0.05, 0) is 6.07 Å². The number of nitrogens with one attached hydrogen (secondary N) is 1. The number of anilines is 1. The van der Waals surface area contributed by atoms with Gasteiger partial charge in [-0.15, -0.1) is 0 Å². The Morgan fingerprint density at radius 1 is 1.56 bits per heavy atom. The summed E-state index contributed by atoms with van der Waals surface area (Å²) in [6.45, 7) is 1.20. The predicted octanol–water partition coefficient (Wildman–Crippen LogP) is -0.329.